The lowest BCUT2D eigenvalue weighted by Gasteiger charge is -2.03. The molecular weight excluding hydrogens is 220 g/mol. The number of nitrogens with zero attached hydrogens (tertiary/aromatic N) is 2. The van der Waals surface area contributed by atoms with E-state index in [4.69, 9.17) is 0 Å². The van der Waals surface area contributed by atoms with Gasteiger partial charge < -0.3 is 4.57 Å². The molecule has 1 aromatic heterocycles. The van der Waals surface area contributed by atoms with Crippen molar-refractivity contribution in [3.05, 3.63) is 40.6 Å². The van der Waals surface area contributed by atoms with E-state index >= 15 is 0 Å². The van der Waals surface area contributed by atoms with Crippen molar-refractivity contribution in [3.63, 3.8) is 0 Å². The van der Waals surface area contributed by atoms with Crippen LogP contribution < -0.4 is 0 Å². The summed E-state index contributed by atoms with van der Waals surface area (Å²) >= 11 is 0. The number of carbonyl (C=O) groups is 1. The van der Waals surface area contributed by atoms with Crippen LogP contribution >= 0.6 is 0 Å². The molecule has 17 heavy (non-hydrogen) atoms. The Labute approximate surface area is 97.8 Å². The number of nitro groups is 1. The zero-order valence-corrected chi connectivity index (χ0v) is 9.42. The summed E-state index contributed by atoms with van der Waals surface area (Å²) in [6.07, 6.45) is 2.25. The highest BCUT2D eigenvalue weighted by atomic mass is 16.6. The van der Waals surface area contributed by atoms with Crippen LogP contribution in [0.1, 0.15) is 13.3 Å². The summed E-state index contributed by atoms with van der Waals surface area (Å²) < 4.78 is 1.74. The largest absolute Gasteiger partial charge is 0.340 e. The molecule has 1 heterocycles. The smallest absolute Gasteiger partial charge is 0.271 e. The summed E-state index contributed by atoms with van der Waals surface area (Å²) in [7, 11) is 0. The van der Waals surface area contributed by atoms with Gasteiger partial charge in [-0.25, -0.2) is 0 Å². The minimum Gasteiger partial charge on any atom is -0.340 e. The van der Waals surface area contributed by atoms with E-state index in [0.29, 0.717) is 6.42 Å². The van der Waals surface area contributed by atoms with Gasteiger partial charge in [-0.15, -0.1) is 0 Å². The molecule has 0 saturated carbocycles. The quantitative estimate of drug-likeness (QED) is 0.601. The summed E-state index contributed by atoms with van der Waals surface area (Å²) in [5.74, 6) is 0.106. The van der Waals surface area contributed by atoms with Crippen molar-refractivity contribution in [2.75, 3.05) is 0 Å². The molecule has 0 aliphatic rings. The van der Waals surface area contributed by atoms with Gasteiger partial charge in [-0.1, -0.05) is 6.92 Å². The zero-order valence-electron chi connectivity index (χ0n) is 9.42. The molecule has 5 nitrogen and oxygen atoms in total. The highest BCUT2D eigenvalue weighted by Crippen LogP contribution is 2.21. The van der Waals surface area contributed by atoms with E-state index < -0.39 is 4.92 Å². The number of ketones is 1. The molecule has 0 unspecified atom stereocenters. The average Bonchev–Trinajstić information content (AvgIpc) is 2.71. The molecule has 0 atom stereocenters. The van der Waals surface area contributed by atoms with Gasteiger partial charge >= 0.3 is 0 Å². The average molecular weight is 232 g/mol. The number of carbonyl (C=O) groups excluding carboxylic acids is 1. The summed E-state index contributed by atoms with van der Waals surface area (Å²) in [4.78, 5) is 21.6. The second-order valence-electron chi connectivity index (χ2n) is 3.84. The van der Waals surface area contributed by atoms with Crippen LogP contribution in [0.5, 0.6) is 0 Å². The lowest BCUT2D eigenvalue weighted by molar-refractivity contribution is -0.384. The lowest BCUT2D eigenvalue weighted by Crippen LogP contribution is -2.07. The maximum atomic E-state index is 11.4. The van der Waals surface area contributed by atoms with Gasteiger partial charge in [0.2, 0.25) is 0 Å². The van der Waals surface area contributed by atoms with Gasteiger partial charge in [0, 0.05) is 30.1 Å². The van der Waals surface area contributed by atoms with Crippen molar-refractivity contribution in [2.45, 2.75) is 19.9 Å². The molecule has 0 amide bonds. The van der Waals surface area contributed by atoms with Gasteiger partial charge in [-0.2, -0.15) is 0 Å². The SMILES string of the molecule is CCC(=O)Cn1ccc2ccc([N+](=O)[O-])cc21. The lowest BCUT2D eigenvalue weighted by atomic mass is 10.2. The summed E-state index contributed by atoms with van der Waals surface area (Å²) in [6, 6.07) is 6.51. The van der Waals surface area contributed by atoms with Crippen molar-refractivity contribution >= 4 is 22.4 Å². The second-order valence-corrected chi connectivity index (χ2v) is 3.84. The van der Waals surface area contributed by atoms with Crippen LogP contribution in [0.2, 0.25) is 0 Å². The van der Waals surface area contributed by atoms with Crippen LogP contribution in [0.15, 0.2) is 30.5 Å². The maximum absolute atomic E-state index is 11.4. The first-order valence-corrected chi connectivity index (χ1v) is 5.37. The van der Waals surface area contributed by atoms with Crippen molar-refractivity contribution in [1.29, 1.82) is 0 Å². The van der Waals surface area contributed by atoms with E-state index in [1.54, 1.807) is 23.8 Å². The number of rotatable bonds is 4. The van der Waals surface area contributed by atoms with Gasteiger partial charge in [-0.05, 0) is 12.1 Å². The Morgan fingerprint density at radius 1 is 1.41 bits per heavy atom. The van der Waals surface area contributed by atoms with Gasteiger partial charge in [0.1, 0.15) is 0 Å². The molecule has 0 bridgehead atoms. The highest BCUT2D eigenvalue weighted by Gasteiger charge is 2.10. The monoisotopic (exact) mass is 232 g/mol. The zero-order chi connectivity index (χ0) is 12.4. The molecule has 0 aliphatic heterocycles. The summed E-state index contributed by atoms with van der Waals surface area (Å²) in [5.41, 5.74) is 0.766. The van der Waals surface area contributed by atoms with Gasteiger partial charge in [0.25, 0.3) is 5.69 Å². The fourth-order valence-electron chi connectivity index (χ4n) is 1.73. The predicted molar refractivity (Wildman–Crippen MR) is 63.9 cm³/mol. The van der Waals surface area contributed by atoms with E-state index in [-0.39, 0.29) is 18.0 Å². The van der Waals surface area contributed by atoms with Crippen LogP contribution in [-0.2, 0) is 11.3 Å². The van der Waals surface area contributed by atoms with Crippen LogP contribution in [0.25, 0.3) is 10.9 Å². The Hall–Kier alpha value is -2.17. The standard InChI is InChI=1S/C12H12N2O3/c1-2-11(15)8-13-6-5-9-3-4-10(14(16)17)7-12(9)13/h3-7H,2,8H2,1H3. The molecule has 0 saturated heterocycles. The second kappa shape index (κ2) is 4.37. The van der Waals surface area contributed by atoms with Crippen LogP contribution in [-0.4, -0.2) is 15.3 Å². The molecule has 0 N–H and O–H groups in total. The fraction of sp³-hybridized carbons (Fsp3) is 0.250. The molecule has 0 spiro atoms. The number of Topliss-reactive ketones (excluding diaryl/α,β-unsaturated/α-hetero) is 1. The molecule has 1 aromatic carbocycles. The third kappa shape index (κ3) is 2.18. The Balaban J connectivity index is 2.46. The third-order valence-corrected chi connectivity index (χ3v) is 2.71. The Morgan fingerprint density at radius 3 is 2.82 bits per heavy atom. The molecule has 0 aliphatic carbocycles. The highest BCUT2D eigenvalue weighted by molar-refractivity contribution is 5.85. The molecule has 2 aromatic rings. The molecular formula is C12H12N2O3. The number of aromatic nitrogens is 1. The van der Waals surface area contributed by atoms with E-state index in [1.807, 2.05) is 6.07 Å². The van der Waals surface area contributed by atoms with Gasteiger partial charge in [-0.3, -0.25) is 14.9 Å². The van der Waals surface area contributed by atoms with Gasteiger partial charge in [0.15, 0.2) is 5.78 Å². The van der Waals surface area contributed by atoms with Gasteiger partial charge in [0.05, 0.1) is 17.0 Å². The first kappa shape index (κ1) is 11.3. The number of fused-ring (bicyclic) bond motifs is 1. The summed E-state index contributed by atoms with van der Waals surface area (Å²) in [6.45, 7) is 2.07. The van der Waals surface area contributed by atoms with Crippen LogP contribution in [0, 0.1) is 10.1 Å². The number of non-ortho nitro benzene ring substituents is 1. The Kier molecular flexibility index (Phi) is 2.91. The van der Waals surface area contributed by atoms with Crippen molar-refractivity contribution in [1.82, 2.24) is 4.57 Å². The first-order chi connectivity index (χ1) is 8.11. The van der Waals surface area contributed by atoms with Crippen molar-refractivity contribution in [3.8, 4) is 0 Å². The first-order valence-electron chi connectivity index (χ1n) is 5.37. The fourth-order valence-corrected chi connectivity index (χ4v) is 1.73. The number of hydrogen-bond donors (Lipinski definition) is 0. The van der Waals surface area contributed by atoms with Crippen LogP contribution in [0.4, 0.5) is 5.69 Å². The third-order valence-electron chi connectivity index (χ3n) is 2.71. The van der Waals surface area contributed by atoms with E-state index in [1.165, 1.54) is 12.1 Å². The minimum absolute atomic E-state index is 0.0430. The minimum atomic E-state index is -0.432. The molecule has 88 valence electrons. The molecule has 0 fully saturated rings. The topological polar surface area (TPSA) is 65.1 Å². The number of nitro benzene ring substituents is 1. The molecule has 5 heteroatoms. The number of benzene rings is 1. The molecule has 0 radical (unpaired) electrons. The van der Waals surface area contributed by atoms with E-state index in [2.05, 4.69) is 0 Å². The van der Waals surface area contributed by atoms with Crippen LogP contribution in [0.3, 0.4) is 0 Å². The number of hydrogen-bond acceptors (Lipinski definition) is 3. The van der Waals surface area contributed by atoms with Crippen molar-refractivity contribution in [2.24, 2.45) is 0 Å². The van der Waals surface area contributed by atoms with E-state index in [0.717, 1.165) is 10.9 Å². The predicted octanol–water partition coefficient (Wildman–Crippen LogP) is 2.53. The Morgan fingerprint density at radius 2 is 2.18 bits per heavy atom. The maximum Gasteiger partial charge on any atom is 0.271 e. The normalized spacial score (nSPS) is 10.6. The Bertz CT molecular complexity index is 586. The van der Waals surface area contributed by atoms with Crippen molar-refractivity contribution < 1.29 is 9.72 Å². The van der Waals surface area contributed by atoms with E-state index in [9.17, 15) is 14.9 Å². The summed E-state index contributed by atoms with van der Waals surface area (Å²) in [5, 5.41) is 11.6. The molecule has 2 rings (SSSR count).